The quantitative estimate of drug-likeness (QED) is 0.788. The van der Waals surface area contributed by atoms with Crippen molar-refractivity contribution in [3.63, 3.8) is 0 Å². The van der Waals surface area contributed by atoms with Gasteiger partial charge in [-0.05, 0) is 26.2 Å². The number of carboxylic acid groups (broad SMARTS) is 1. The lowest BCUT2D eigenvalue weighted by molar-refractivity contribution is -0.147. The molecule has 2 saturated heterocycles. The van der Waals surface area contributed by atoms with E-state index in [0.717, 1.165) is 19.4 Å². The number of aliphatic carboxylic acids is 1. The summed E-state index contributed by atoms with van der Waals surface area (Å²) in [5, 5.41) is 9.11. The molecule has 6 nitrogen and oxygen atoms in total. The molecule has 1 amide bonds. The molecule has 0 aliphatic carbocycles. The highest BCUT2D eigenvalue weighted by molar-refractivity contribution is 5.81. The van der Waals surface area contributed by atoms with Gasteiger partial charge in [-0.2, -0.15) is 0 Å². The minimum Gasteiger partial charge on any atom is -0.481 e. The third-order valence-electron chi connectivity index (χ3n) is 3.90. The van der Waals surface area contributed by atoms with Crippen molar-refractivity contribution in [1.29, 1.82) is 0 Å². The number of carboxylic acids is 1. The first-order chi connectivity index (χ1) is 9.01. The molecular formula is C13H21NO5. The third-order valence-corrected chi connectivity index (χ3v) is 3.90. The molecule has 0 aromatic heterocycles. The van der Waals surface area contributed by atoms with Crippen molar-refractivity contribution < 1.29 is 24.2 Å². The summed E-state index contributed by atoms with van der Waals surface area (Å²) in [5.74, 6) is -0.981. The van der Waals surface area contributed by atoms with Crippen LogP contribution in [-0.2, 0) is 19.1 Å². The van der Waals surface area contributed by atoms with Crippen LogP contribution >= 0.6 is 0 Å². The molecule has 0 radical (unpaired) electrons. The van der Waals surface area contributed by atoms with Gasteiger partial charge in [-0.3, -0.25) is 9.59 Å². The maximum atomic E-state index is 11.9. The van der Waals surface area contributed by atoms with Gasteiger partial charge in [0.25, 0.3) is 0 Å². The molecule has 2 atom stereocenters. The van der Waals surface area contributed by atoms with Crippen molar-refractivity contribution >= 4 is 11.9 Å². The fraction of sp³-hybridized carbons (Fsp3) is 0.846. The summed E-state index contributed by atoms with van der Waals surface area (Å²) in [5.41, 5.74) is -0.815. The molecule has 2 heterocycles. The average molecular weight is 271 g/mol. The molecule has 2 rings (SSSR count). The van der Waals surface area contributed by atoms with Gasteiger partial charge < -0.3 is 19.5 Å². The molecule has 0 aromatic carbocycles. The first-order valence-electron chi connectivity index (χ1n) is 6.72. The molecule has 2 aliphatic heterocycles. The van der Waals surface area contributed by atoms with Crippen LogP contribution in [0.25, 0.3) is 0 Å². The van der Waals surface area contributed by atoms with Crippen LogP contribution in [0.15, 0.2) is 0 Å². The Balaban J connectivity index is 1.70. The van der Waals surface area contributed by atoms with Crippen molar-refractivity contribution in [2.24, 2.45) is 5.41 Å². The number of hydrogen-bond donors (Lipinski definition) is 1. The van der Waals surface area contributed by atoms with Gasteiger partial charge in [-0.25, -0.2) is 0 Å². The van der Waals surface area contributed by atoms with E-state index < -0.39 is 11.4 Å². The van der Waals surface area contributed by atoms with Crippen molar-refractivity contribution in [3.05, 3.63) is 0 Å². The number of ether oxygens (including phenoxy) is 2. The molecule has 108 valence electrons. The molecule has 19 heavy (non-hydrogen) atoms. The van der Waals surface area contributed by atoms with Gasteiger partial charge in [0.15, 0.2) is 0 Å². The molecule has 0 unspecified atom stereocenters. The largest absolute Gasteiger partial charge is 0.481 e. The fourth-order valence-electron chi connectivity index (χ4n) is 2.49. The Kier molecular flexibility index (Phi) is 4.42. The fourth-order valence-corrected chi connectivity index (χ4v) is 2.49. The van der Waals surface area contributed by atoms with Crippen molar-refractivity contribution in [2.45, 2.75) is 32.3 Å². The summed E-state index contributed by atoms with van der Waals surface area (Å²) >= 11 is 0. The minimum absolute atomic E-state index is 0.00948. The van der Waals surface area contributed by atoms with Gasteiger partial charge in [-0.1, -0.05) is 0 Å². The van der Waals surface area contributed by atoms with Gasteiger partial charge in [0.1, 0.15) is 6.61 Å². The second-order valence-electron chi connectivity index (χ2n) is 5.58. The van der Waals surface area contributed by atoms with E-state index in [4.69, 9.17) is 14.6 Å². The summed E-state index contributed by atoms with van der Waals surface area (Å²) in [4.78, 5) is 24.6. The average Bonchev–Trinajstić information content (AvgIpc) is 2.99. The number of rotatable bonds is 5. The Bertz CT molecular complexity index is 353. The molecule has 0 bridgehead atoms. The molecule has 6 heteroatoms. The molecule has 0 spiro atoms. The maximum absolute atomic E-state index is 11.9. The smallest absolute Gasteiger partial charge is 0.311 e. The molecule has 2 fully saturated rings. The minimum atomic E-state index is -0.844. The third kappa shape index (κ3) is 3.45. The second kappa shape index (κ2) is 5.88. The van der Waals surface area contributed by atoms with Crippen LogP contribution in [0.3, 0.4) is 0 Å². The number of carbonyl (C=O) groups excluding carboxylic acids is 1. The van der Waals surface area contributed by atoms with E-state index in [-0.39, 0.29) is 25.2 Å². The van der Waals surface area contributed by atoms with Crippen molar-refractivity contribution in [3.8, 4) is 0 Å². The normalized spacial score (nSPS) is 30.8. The summed E-state index contributed by atoms with van der Waals surface area (Å²) in [6, 6.07) is 0. The van der Waals surface area contributed by atoms with E-state index in [0.29, 0.717) is 19.6 Å². The first-order valence-corrected chi connectivity index (χ1v) is 6.72. The topological polar surface area (TPSA) is 76.1 Å². The Morgan fingerprint density at radius 1 is 1.53 bits per heavy atom. The van der Waals surface area contributed by atoms with Gasteiger partial charge in [-0.15, -0.1) is 0 Å². The van der Waals surface area contributed by atoms with E-state index in [1.54, 1.807) is 11.8 Å². The van der Waals surface area contributed by atoms with Crippen LogP contribution < -0.4 is 0 Å². The van der Waals surface area contributed by atoms with Crippen LogP contribution in [-0.4, -0.2) is 60.9 Å². The summed E-state index contributed by atoms with van der Waals surface area (Å²) in [6.45, 7) is 3.65. The van der Waals surface area contributed by atoms with Crippen molar-refractivity contribution in [1.82, 2.24) is 4.90 Å². The van der Waals surface area contributed by atoms with Gasteiger partial charge in [0.05, 0.1) is 18.1 Å². The lowest BCUT2D eigenvalue weighted by atomic mass is 9.90. The molecular weight excluding hydrogens is 250 g/mol. The Labute approximate surface area is 112 Å². The monoisotopic (exact) mass is 271 g/mol. The summed E-state index contributed by atoms with van der Waals surface area (Å²) in [7, 11) is 0. The zero-order valence-corrected chi connectivity index (χ0v) is 11.3. The van der Waals surface area contributed by atoms with Gasteiger partial charge in [0.2, 0.25) is 5.91 Å². The molecule has 1 N–H and O–H groups in total. The summed E-state index contributed by atoms with van der Waals surface area (Å²) < 4.78 is 10.8. The highest BCUT2D eigenvalue weighted by Gasteiger charge is 2.42. The molecule has 0 aromatic rings. The Morgan fingerprint density at radius 3 is 2.89 bits per heavy atom. The van der Waals surface area contributed by atoms with E-state index in [1.807, 2.05) is 0 Å². The standard InChI is InChI=1S/C13H21NO5/c1-13(12(16)17)4-5-14(9-13)11(15)8-18-7-10-3-2-6-19-10/h10H,2-9H2,1H3,(H,16,17)/t10-,13-/m0/s1. The van der Waals surface area contributed by atoms with Gasteiger partial charge >= 0.3 is 5.97 Å². The highest BCUT2D eigenvalue weighted by Crippen LogP contribution is 2.30. The summed E-state index contributed by atoms with van der Waals surface area (Å²) in [6.07, 6.45) is 2.63. The zero-order valence-electron chi connectivity index (χ0n) is 11.3. The van der Waals surface area contributed by atoms with E-state index >= 15 is 0 Å². The number of likely N-dealkylation sites (tertiary alicyclic amines) is 1. The van der Waals surface area contributed by atoms with E-state index in [9.17, 15) is 9.59 Å². The highest BCUT2D eigenvalue weighted by atomic mass is 16.5. The first kappa shape index (κ1) is 14.3. The van der Waals surface area contributed by atoms with Crippen LogP contribution in [0.5, 0.6) is 0 Å². The van der Waals surface area contributed by atoms with E-state index in [1.165, 1.54) is 0 Å². The molecule has 2 aliphatic rings. The SMILES string of the molecule is C[C@]1(C(=O)O)CCN(C(=O)COC[C@@H]2CCCO2)C1. The maximum Gasteiger partial charge on any atom is 0.311 e. The molecule has 0 saturated carbocycles. The predicted molar refractivity (Wildman–Crippen MR) is 66.7 cm³/mol. The lowest BCUT2D eigenvalue weighted by Crippen LogP contribution is -2.37. The van der Waals surface area contributed by atoms with Crippen LogP contribution in [0.1, 0.15) is 26.2 Å². The van der Waals surface area contributed by atoms with Crippen LogP contribution in [0, 0.1) is 5.41 Å². The lowest BCUT2D eigenvalue weighted by Gasteiger charge is -2.20. The zero-order chi connectivity index (χ0) is 13.9. The number of amides is 1. The number of hydrogen-bond acceptors (Lipinski definition) is 4. The van der Waals surface area contributed by atoms with E-state index in [2.05, 4.69) is 0 Å². The number of carbonyl (C=O) groups is 2. The van der Waals surface area contributed by atoms with Crippen molar-refractivity contribution in [2.75, 3.05) is 32.9 Å². The van der Waals surface area contributed by atoms with Crippen LogP contribution in [0.2, 0.25) is 0 Å². The number of nitrogens with zero attached hydrogens (tertiary/aromatic N) is 1. The van der Waals surface area contributed by atoms with Crippen LogP contribution in [0.4, 0.5) is 0 Å². The van der Waals surface area contributed by atoms with Gasteiger partial charge in [0, 0.05) is 19.7 Å². The Hall–Kier alpha value is -1.14. The predicted octanol–water partition coefficient (Wildman–Crippen LogP) is 0.505. The second-order valence-corrected chi connectivity index (χ2v) is 5.58. The Morgan fingerprint density at radius 2 is 2.32 bits per heavy atom.